The quantitative estimate of drug-likeness (QED) is 0.610. The number of benzene rings is 1. The molecule has 0 aliphatic heterocycles. The van der Waals surface area contributed by atoms with Gasteiger partial charge in [0.25, 0.3) is 0 Å². The van der Waals surface area contributed by atoms with Crippen LogP contribution in [-0.2, 0) is 6.42 Å². The van der Waals surface area contributed by atoms with Crippen LogP contribution < -0.4 is 0 Å². The smallest absolute Gasteiger partial charge is 0.0276 e. The lowest BCUT2D eigenvalue weighted by atomic mass is 10.0. The maximum absolute atomic E-state index is 3.86. The molecule has 0 nitrogen and oxygen atoms in total. The summed E-state index contributed by atoms with van der Waals surface area (Å²) in [5.41, 5.74) is 4.30. The van der Waals surface area contributed by atoms with E-state index in [4.69, 9.17) is 0 Å². The molecule has 0 saturated heterocycles. The van der Waals surface area contributed by atoms with Crippen LogP contribution in [0.3, 0.4) is 0 Å². The van der Waals surface area contributed by atoms with Gasteiger partial charge < -0.3 is 0 Å². The SMILES string of the molecule is [CH2]CCCCc1cc(C)ccc1C. The predicted octanol–water partition coefficient (Wildman–Crippen LogP) is 3.85. The minimum atomic E-state index is 1.06. The summed E-state index contributed by atoms with van der Waals surface area (Å²) in [5, 5.41) is 0. The van der Waals surface area contributed by atoms with Crippen LogP contribution in [0.2, 0.25) is 0 Å². The molecule has 13 heavy (non-hydrogen) atoms. The second kappa shape index (κ2) is 5.06. The molecule has 0 atom stereocenters. The minimum Gasteiger partial charge on any atom is -0.0590 e. The Kier molecular flexibility index (Phi) is 4.01. The molecule has 0 amide bonds. The van der Waals surface area contributed by atoms with Crippen molar-refractivity contribution >= 4 is 0 Å². The van der Waals surface area contributed by atoms with E-state index in [9.17, 15) is 0 Å². The molecule has 1 radical (unpaired) electrons. The summed E-state index contributed by atoms with van der Waals surface area (Å²) in [5.74, 6) is 0. The highest BCUT2D eigenvalue weighted by Crippen LogP contribution is 2.13. The lowest BCUT2D eigenvalue weighted by Crippen LogP contribution is -1.90. The molecule has 1 aromatic carbocycles. The maximum Gasteiger partial charge on any atom is -0.0276 e. The molecule has 0 heteroatoms. The Morgan fingerprint density at radius 1 is 1.15 bits per heavy atom. The fraction of sp³-hybridized carbons (Fsp3) is 0.462. The van der Waals surface area contributed by atoms with Crippen LogP contribution in [0.15, 0.2) is 18.2 Å². The third-order valence-corrected chi connectivity index (χ3v) is 2.45. The normalized spacial score (nSPS) is 10.4. The van der Waals surface area contributed by atoms with Gasteiger partial charge in [-0.25, -0.2) is 0 Å². The van der Waals surface area contributed by atoms with Crippen molar-refractivity contribution in [2.45, 2.75) is 39.5 Å². The van der Waals surface area contributed by atoms with Crippen LogP contribution in [-0.4, -0.2) is 0 Å². The lowest BCUT2D eigenvalue weighted by Gasteiger charge is -2.06. The zero-order valence-electron chi connectivity index (χ0n) is 8.77. The molecule has 0 bridgehead atoms. The molecule has 0 fully saturated rings. The molecular weight excluding hydrogens is 156 g/mol. The number of hydrogen-bond acceptors (Lipinski definition) is 0. The highest BCUT2D eigenvalue weighted by atomic mass is 14.0. The lowest BCUT2D eigenvalue weighted by molar-refractivity contribution is 0.743. The minimum absolute atomic E-state index is 1.06. The van der Waals surface area contributed by atoms with Crippen molar-refractivity contribution in [2.24, 2.45) is 0 Å². The molecule has 1 aromatic rings. The molecule has 0 N–H and O–H groups in total. The third-order valence-electron chi connectivity index (χ3n) is 2.45. The van der Waals surface area contributed by atoms with E-state index in [0.717, 1.165) is 6.42 Å². The number of unbranched alkanes of at least 4 members (excludes halogenated alkanes) is 2. The van der Waals surface area contributed by atoms with Crippen LogP contribution in [0.4, 0.5) is 0 Å². The second-order valence-corrected chi connectivity index (χ2v) is 3.74. The van der Waals surface area contributed by atoms with Crippen molar-refractivity contribution in [1.82, 2.24) is 0 Å². The van der Waals surface area contributed by atoms with Gasteiger partial charge in [-0.15, -0.1) is 0 Å². The molecule has 0 saturated carbocycles. The summed E-state index contributed by atoms with van der Waals surface area (Å²) < 4.78 is 0. The molecule has 71 valence electrons. The Balaban J connectivity index is 2.59. The standard InChI is InChI=1S/C13H19/c1-4-5-6-7-13-10-11(2)8-9-12(13)3/h8-10H,1,4-7H2,2-3H3. The predicted molar refractivity (Wildman–Crippen MR) is 58.8 cm³/mol. The van der Waals surface area contributed by atoms with Gasteiger partial charge in [-0.05, 0) is 37.8 Å². The average molecular weight is 175 g/mol. The van der Waals surface area contributed by atoms with Crippen LogP contribution >= 0.6 is 0 Å². The van der Waals surface area contributed by atoms with Gasteiger partial charge in [0.15, 0.2) is 0 Å². The Hall–Kier alpha value is -0.780. The summed E-state index contributed by atoms with van der Waals surface area (Å²) >= 11 is 0. The highest BCUT2D eigenvalue weighted by Gasteiger charge is 1.97. The first kappa shape index (κ1) is 10.3. The molecule has 0 unspecified atom stereocenters. The van der Waals surface area contributed by atoms with Crippen molar-refractivity contribution in [3.63, 3.8) is 0 Å². The summed E-state index contributed by atoms with van der Waals surface area (Å²) in [6.07, 6.45) is 4.79. The fourth-order valence-corrected chi connectivity index (χ4v) is 1.56. The zero-order chi connectivity index (χ0) is 9.68. The Morgan fingerprint density at radius 2 is 1.92 bits per heavy atom. The number of hydrogen-bond donors (Lipinski definition) is 0. The van der Waals surface area contributed by atoms with Gasteiger partial charge in [0.05, 0.1) is 0 Å². The molecular formula is C13H19. The molecule has 0 heterocycles. The van der Waals surface area contributed by atoms with E-state index in [-0.39, 0.29) is 0 Å². The highest BCUT2D eigenvalue weighted by molar-refractivity contribution is 5.30. The number of rotatable bonds is 4. The molecule has 0 aromatic heterocycles. The topological polar surface area (TPSA) is 0 Å². The molecule has 0 aliphatic carbocycles. The maximum atomic E-state index is 3.86. The van der Waals surface area contributed by atoms with E-state index in [1.165, 1.54) is 36.0 Å². The summed E-state index contributed by atoms with van der Waals surface area (Å²) in [7, 11) is 0. The number of aryl methyl sites for hydroxylation is 3. The van der Waals surface area contributed by atoms with Gasteiger partial charge in [0, 0.05) is 0 Å². The van der Waals surface area contributed by atoms with Gasteiger partial charge in [-0.1, -0.05) is 43.5 Å². The molecule has 0 spiro atoms. The summed E-state index contributed by atoms with van der Waals surface area (Å²) in [6, 6.07) is 6.70. The Morgan fingerprint density at radius 3 is 2.62 bits per heavy atom. The second-order valence-electron chi connectivity index (χ2n) is 3.74. The summed E-state index contributed by atoms with van der Waals surface area (Å²) in [6.45, 7) is 8.21. The monoisotopic (exact) mass is 175 g/mol. The van der Waals surface area contributed by atoms with Gasteiger partial charge >= 0.3 is 0 Å². The first-order valence-electron chi connectivity index (χ1n) is 5.09. The fourth-order valence-electron chi connectivity index (χ4n) is 1.56. The van der Waals surface area contributed by atoms with E-state index in [0.29, 0.717) is 0 Å². The van der Waals surface area contributed by atoms with Crippen molar-refractivity contribution < 1.29 is 0 Å². The van der Waals surface area contributed by atoms with Crippen molar-refractivity contribution in [3.05, 3.63) is 41.8 Å². The Labute approximate surface area is 82.0 Å². The average Bonchev–Trinajstić information content (AvgIpc) is 2.11. The van der Waals surface area contributed by atoms with Gasteiger partial charge in [-0.2, -0.15) is 0 Å². The summed E-state index contributed by atoms with van der Waals surface area (Å²) in [4.78, 5) is 0. The van der Waals surface area contributed by atoms with E-state index in [1.807, 2.05) is 0 Å². The van der Waals surface area contributed by atoms with Gasteiger partial charge in [0.1, 0.15) is 0 Å². The molecule has 0 aliphatic rings. The van der Waals surface area contributed by atoms with E-state index in [1.54, 1.807) is 0 Å². The Bertz CT molecular complexity index is 261. The van der Waals surface area contributed by atoms with Crippen LogP contribution in [0, 0.1) is 20.8 Å². The van der Waals surface area contributed by atoms with Crippen molar-refractivity contribution in [2.75, 3.05) is 0 Å². The zero-order valence-corrected chi connectivity index (χ0v) is 8.77. The van der Waals surface area contributed by atoms with E-state index < -0.39 is 0 Å². The van der Waals surface area contributed by atoms with Crippen LogP contribution in [0.25, 0.3) is 0 Å². The third kappa shape index (κ3) is 3.22. The first-order chi connectivity index (χ1) is 6.24. The van der Waals surface area contributed by atoms with Crippen molar-refractivity contribution in [1.29, 1.82) is 0 Å². The molecule has 1 rings (SSSR count). The largest absolute Gasteiger partial charge is 0.0590 e. The van der Waals surface area contributed by atoms with Gasteiger partial charge in [-0.3, -0.25) is 0 Å². The van der Waals surface area contributed by atoms with Gasteiger partial charge in [0.2, 0.25) is 0 Å². The van der Waals surface area contributed by atoms with E-state index >= 15 is 0 Å². The first-order valence-corrected chi connectivity index (χ1v) is 5.09. The van der Waals surface area contributed by atoms with Crippen molar-refractivity contribution in [3.8, 4) is 0 Å². The van der Waals surface area contributed by atoms with Crippen LogP contribution in [0.5, 0.6) is 0 Å². The van der Waals surface area contributed by atoms with Crippen LogP contribution in [0.1, 0.15) is 36.0 Å². The van der Waals surface area contributed by atoms with E-state index in [2.05, 4.69) is 39.0 Å².